The fourth-order valence-corrected chi connectivity index (χ4v) is 2.87. The average Bonchev–Trinajstić information content (AvgIpc) is 2.39. The van der Waals surface area contributed by atoms with Gasteiger partial charge in [-0.25, -0.2) is 0 Å². The molecular weight excluding hydrogens is 236 g/mol. The Bertz CT molecular complexity index is 410. The SMILES string of the molecule is C[C@H](NC(=O)CC1(N)CCCCC1)c1ccccc1. The molecule has 19 heavy (non-hydrogen) atoms. The Morgan fingerprint density at radius 1 is 1.26 bits per heavy atom. The van der Waals surface area contributed by atoms with Crippen LogP contribution in [0.1, 0.15) is 57.1 Å². The number of carbonyl (C=O) groups excluding carboxylic acids is 1. The first kappa shape index (κ1) is 14.1. The van der Waals surface area contributed by atoms with Crippen molar-refractivity contribution in [1.82, 2.24) is 5.32 Å². The lowest BCUT2D eigenvalue weighted by Crippen LogP contribution is -2.46. The molecule has 2 rings (SSSR count). The quantitative estimate of drug-likeness (QED) is 0.874. The molecule has 3 heteroatoms. The van der Waals surface area contributed by atoms with Gasteiger partial charge in [-0.15, -0.1) is 0 Å². The first-order valence-electron chi connectivity index (χ1n) is 7.22. The van der Waals surface area contributed by atoms with E-state index < -0.39 is 0 Å². The van der Waals surface area contributed by atoms with Crippen LogP contribution >= 0.6 is 0 Å². The van der Waals surface area contributed by atoms with E-state index in [0.717, 1.165) is 31.2 Å². The molecular formula is C16H24N2O. The average molecular weight is 260 g/mol. The van der Waals surface area contributed by atoms with Gasteiger partial charge >= 0.3 is 0 Å². The maximum Gasteiger partial charge on any atom is 0.222 e. The highest BCUT2D eigenvalue weighted by molar-refractivity contribution is 5.77. The number of hydrogen-bond acceptors (Lipinski definition) is 2. The maximum atomic E-state index is 12.1. The highest BCUT2D eigenvalue weighted by Crippen LogP contribution is 2.28. The van der Waals surface area contributed by atoms with Crippen molar-refractivity contribution in [3.05, 3.63) is 35.9 Å². The Hall–Kier alpha value is -1.35. The molecule has 0 bridgehead atoms. The summed E-state index contributed by atoms with van der Waals surface area (Å²) in [6.07, 6.45) is 5.95. The lowest BCUT2D eigenvalue weighted by molar-refractivity contribution is -0.123. The predicted molar refractivity (Wildman–Crippen MR) is 77.6 cm³/mol. The van der Waals surface area contributed by atoms with E-state index in [9.17, 15) is 4.79 Å². The second kappa shape index (κ2) is 6.20. The largest absolute Gasteiger partial charge is 0.350 e. The van der Waals surface area contributed by atoms with Crippen LogP contribution in [0, 0.1) is 0 Å². The number of nitrogens with one attached hydrogen (secondary N) is 1. The fourth-order valence-electron chi connectivity index (χ4n) is 2.87. The Kier molecular flexibility index (Phi) is 4.59. The topological polar surface area (TPSA) is 55.1 Å². The van der Waals surface area contributed by atoms with Crippen molar-refractivity contribution in [3.63, 3.8) is 0 Å². The van der Waals surface area contributed by atoms with Gasteiger partial charge in [-0.2, -0.15) is 0 Å². The molecule has 1 aromatic rings. The molecule has 0 aromatic heterocycles. The molecule has 1 fully saturated rings. The zero-order valence-corrected chi connectivity index (χ0v) is 11.7. The molecule has 1 amide bonds. The van der Waals surface area contributed by atoms with Gasteiger partial charge in [-0.1, -0.05) is 49.6 Å². The fraction of sp³-hybridized carbons (Fsp3) is 0.562. The predicted octanol–water partition coefficient (Wildman–Crippen LogP) is 2.92. The molecule has 104 valence electrons. The van der Waals surface area contributed by atoms with Crippen LogP contribution in [0.3, 0.4) is 0 Å². The van der Waals surface area contributed by atoms with E-state index >= 15 is 0 Å². The van der Waals surface area contributed by atoms with Crippen molar-refractivity contribution >= 4 is 5.91 Å². The first-order chi connectivity index (χ1) is 9.09. The number of rotatable bonds is 4. The van der Waals surface area contributed by atoms with Gasteiger partial charge in [-0.05, 0) is 25.3 Å². The van der Waals surface area contributed by atoms with Crippen molar-refractivity contribution in [1.29, 1.82) is 0 Å². The Labute approximate surface area is 115 Å². The van der Waals surface area contributed by atoms with Gasteiger partial charge in [-0.3, -0.25) is 4.79 Å². The molecule has 1 aliphatic rings. The summed E-state index contributed by atoms with van der Waals surface area (Å²) in [5.74, 6) is 0.0701. The number of nitrogens with two attached hydrogens (primary N) is 1. The van der Waals surface area contributed by atoms with Crippen LogP contribution in [-0.4, -0.2) is 11.4 Å². The monoisotopic (exact) mass is 260 g/mol. The molecule has 0 unspecified atom stereocenters. The summed E-state index contributed by atoms with van der Waals surface area (Å²) in [7, 11) is 0. The zero-order valence-electron chi connectivity index (χ0n) is 11.7. The van der Waals surface area contributed by atoms with E-state index in [4.69, 9.17) is 5.73 Å². The number of carbonyl (C=O) groups is 1. The highest BCUT2D eigenvalue weighted by Gasteiger charge is 2.30. The molecule has 1 aliphatic carbocycles. The summed E-state index contributed by atoms with van der Waals surface area (Å²) < 4.78 is 0. The molecule has 3 N–H and O–H groups in total. The molecule has 0 radical (unpaired) electrons. The summed E-state index contributed by atoms with van der Waals surface area (Å²) in [5.41, 5.74) is 7.16. The van der Waals surface area contributed by atoms with Crippen LogP contribution in [0.4, 0.5) is 0 Å². The summed E-state index contributed by atoms with van der Waals surface area (Å²) in [6.45, 7) is 2.01. The standard InChI is InChI=1S/C16H24N2O/c1-13(14-8-4-2-5-9-14)18-15(19)12-16(17)10-6-3-7-11-16/h2,4-5,8-9,13H,3,6-7,10-12,17H2,1H3,(H,18,19)/t13-/m0/s1. The van der Waals surface area contributed by atoms with Gasteiger partial charge in [0.15, 0.2) is 0 Å². The number of amides is 1. The van der Waals surface area contributed by atoms with Gasteiger partial charge in [0.1, 0.15) is 0 Å². The van der Waals surface area contributed by atoms with Crippen LogP contribution in [-0.2, 0) is 4.79 Å². The highest BCUT2D eigenvalue weighted by atomic mass is 16.1. The van der Waals surface area contributed by atoms with E-state index in [-0.39, 0.29) is 17.5 Å². The zero-order chi connectivity index (χ0) is 13.7. The van der Waals surface area contributed by atoms with Gasteiger partial charge in [0, 0.05) is 12.0 Å². The minimum absolute atomic E-state index is 0.0425. The molecule has 0 heterocycles. The van der Waals surface area contributed by atoms with E-state index in [1.165, 1.54) is 6.42 Å². The van der Waals surface area contributed by atoms with Gasteiger partial charge in [0.2, 0.25) is 5.91 Å². The van der Waals surface area contributed by atoms with Crippen LogP contribution < -0.4 is 11.1 Å². The van der Waals surface area contributed by atoms with Crippen LogP contribution in [0.5, 0.6) is 0 Å². The third-order valence-electron chi connectivity index (χ3n) is 4.04. The minimum atomic E-state index is -0.279. The smallest absolute Gasteiger partial charge is 0.222 e. The summed E-state index contributed by atoms with van der Waals surface area (Å²) in [5, 5.41) is 3.05. The number of benzene rings is 1. The van der Waals surface area contributed by atoms with E-state index in [1.54, 1.807) is 0 Å². The van der Waals surface area contributed by atoms with Crippen molar-refractivity contribution in [2.45, 2.75) is 57.0 Å². The van der Waals surface area contributed by atoms with Gasteiger partial charge < -0.3 is 11.1 Å². The lowest BCUT2D eigenvalue weighted by Gasteiger charge is -2.33. The van der Waals surface area contributed by atoms with Gasteiger partial charge in [0.05, 0.1) is 6.04 Å². The third kappa shape index (κ3) is 4.06. The Balaban J connectivity index is 1.87. The number of hydrogen-bond donors (Lipinski definition) is 2. The van der Waals surface area contributed by atoms with Crippen LogP contribution in [0.25, 0.3) is 0 Å². The van der Waals surface area contributed by atoms with E-state index in [1.807, 2.05) is 37.3 Å². The van der Waals surface area contributed by atoms with Crippen LogP contribution in [0.2, 0.25) is 0 Å². The molecule has 0 saturated heterocycles. The summed E-state index contributed by atoms with van der Waals surface area (Å²) >= 11 is 0. The Morgan fingerprint density at radius 2 is 1.89 bits per heavy atom. The molecule has 3 nitrogen and oxygen atoms in total. The Morgan fingerprint density at radius 3 is 2.53 bits per heavy atom. The molecule has 1 aromatic carbocycles. The third-order valence-corrected chi connectivity index (χ3v) is 4.04. The van der Waals surface area contributed by atoms with Crippen molar-refractivity contribution in [3.8, 4) is 0 Å². The molecule has 0 spiro atoms. The maximum absolute atomic E-state index is 12.1. The first-order valence-corrected chi connectivity index (χ1v) is 7.22. The molecule has 1 saturated carbocycles. The summed E-state index contributed by atoms with van der Waals surface area (Å²) in [6, 6.07) is 10.1. The summed E-state index contributed by atoms with van der Waals surface area (Å²) in [4.78, 5) is 12.1. The van der Waals surface area contributed by atoms with Crippen LogP contribution in [0.15, 0.2) is 30.3 Å². The van der Waals surface area contributed by atoms with Gasteiger partial charge in [0.25, 0.3) is 0 Å². The lowest BCUT2D eigenvalue weighted by atomic mass is 9.80. The normalized spacial score (nSPS) is 19.7. The molecule has 0 aliphatic heterocycles. The van der Waals surface area contributed by atoms with Crippen molar-refractivity contribution in [2.24, 2.45) is 5.73 Å². The van der Waals surface area contributed by atoms with Crippen molar-refractivity contribution in [2.75, 3.05) is 0 Å². The minimum Gasteiger partial charge on any atom is -0.350 e. The molecule has 1 atom stereocenters. The van der Waals surface area contributed by atoms with Crippen molar-refractivity contribution < 1.29 is 4.79 Å². The second-order valence-corrected chi connectivity index (χ2v) is 5.80. The van der Waals surface area contributed by atoms with E-state index in [2.05, 4.69) is 5.32 Å². The second-order valence-electron chi connectivity index (χ2n) is 5.80. The van der Waals surface area contributed by atoms with E-state index in [0.29, 0.717) is 6.42 Å².